The maximum atomic E-state index is 5.36. The SMILES string of the molecule is c1ccc(-n2ncc3nc(N4CCOCC4)cnc32)cc1. The van der Waals surface area contributed by atoms with Crippen LogP contribution in [-0.2, 0) is 4.74 Å². The Hall–Kier alpha value is -2.47. The second kappa shape index (κ2) is 5.14. The van der Waals surface area contributed by atoms with E-state index in [-0.39, 0.29) is 0 Å². The second-order valence-electron chi connectivity index (χ2n) is 4.93. The number of anilines is 1. The Kier molecular flexibility index (Phi) is 3.01. The molecule has 0 aliphatic carbocycles. The molecule has 0 amide bonds. The van der Waals surface area contributed by atoms with E-state index in [2.05, 4.69) is 20.0 Å². The average molecular weight is 281 g/mol. The van der Waals surface area contributed by atoms with Gasteiger partial charge in [0, 0.05) is 13.1 Å². The number of hydrogen-bond acceptors (Lipinski definition) is 5. The molecule has 1 aliphatic heterocycles. The predicted octanol–water partition coefficient (Wildman–Crippen LogP) is 1.65. The average Bonchev–Trinajstić information content (AvgIpc) is 2.99. The van der Waals surface area contributed by atoms with Crippen molar-refractivity contribution in [2.45, 2.75) is 0 Å². The Morgan fingerprint density at radius 3 is 2.62 bits per heavy atom. The Morgan fingerprint density at radius 2 is 1.81 bits per heavy atom. The molecule has 21 heavy (non-hydrogen) atoms. The maximum Gasteiger partial charge on any atom is 0.181 e. The van der Waals surface area contributed by atoms with Crippen LogP contribution in [-0.4, -0.2) is 46.1 Å². The lowest BCUT2D eigenvalue weighted by Crippen LogP contribution is -2.36. The minimum Gasteiger partial charge on any atom is -0.378 e. The predicted molar refractivity (Wildman–Crippen MR) is 79.7 cm³/mol. The van der Waals surface area contributed by atoms with Gasteiger partial charge in [-0.1, -0.05) is 18.2 Å². The molecular formula is C15H15N5O. The highest BCUT2D eigenvalue weighted by Crippen LogP contribution is 2.18. The molecule has 0 saturated carbocycles. The van der Waals surface area contributed by atoms with Crippen molar-refractivity contribution in [3.63, 3.8) is 0 Å². The van der Waals surface area contributed by atoms with Crippen LogP contribution in [0.2, 0.25) is 0 Å². The first-order chi connectivity index (χ1) is 10.4. The lowest BCUT2D eigenvalue weighted by atomic mass is 10.3. The second-order valence-corrected chi connectivity index (χ2v) is 4.93. The van der Waals surface area contributed by atoms with Gasteiger partial charge < -0.3 is 9.64 Å². The summed E-state index contributed by atoms with van der Waals surface area (Å²) in [6.07, 6.45) is 3.58. The quantitative estimate of drug-likeness (QED) is 0.715. The molecule has 106 valence electrons. The molecule has 0 spiro atoms. The smallest absolute Gasteiger partial charge is 0.181 e. The number of ether oxygens (including phenoxy) is 1. The summed E-state index contributed by atoms with van der Waals surface area (Å²) in [6, 6.07) is 9.96. The van der Waals surface area contributed by atoms with E-state index in [1.165, 1.54) is 0 Å². The van der Waals surface area contributed by atoms with E-state index < -0.39 is 0 Å². The molecule has 1 fully saturated rings. The first-order valence-electron chi connectivity index (χ1n) is 7.01. The van der Waals surface area contributed by atoms with Crippen LogP contribution in [0.15, 0.2) is 42.7 Å². The van der Waals surface area contributed by atoms with Crippen molar-refractivity contribution in [1.29, 1.82) is 0 Å². The third-order valence-electron chi connectivity index (χ3n) is 3.60. The van der Waals surface area contributed by atoms with E-state index in [4.69, 9.17) is 4.74 Å². The molecule has 0 N–H and O–H groups in total. The number of rotatable bonds is 2. The van der Waals surface area contributed by atoms with Crippen molar-refractivity contribution in [1.82, 2.24) is 19.7 Å². The fraction of sp³-hybridized carbons (Fsp3) is 0.267. The van der Waals surface area contributed by atoms with Crippen LogP contribution in [0.25, 0.3) is 16.9 Å². The van der Waals surface area contributed by atoms with Gasteiger partial charge >= 0.3 is 0 Å². The molecule has 0 atom stereocenters. The molecular weight excluding hydrogens is 266 g/mol. The Labute approximate surface area is 122 Å². The number of nitrogens with zero attached hydrogens (tertiary/aromatic N) is 5. The maximum absolute atomic E-state index is 5.36. The zero-order valence-electron chi connectivity index (χ0n) is 11.5. The summed E-state index contributed by atoms with van der Waals surface area (Å²) in [5, 5.41) is 4.40. The molecule has 1 saturated heterocycles. The van der Waals surface area contributed by atoms with Gasteiger partial charge in [0.2, 0.25) is 0 Å². The van der Waals surface area contributed by atoms with Crippen LogP contribution in [0, 0.1) is 0 Å². The van der Waals surface area contributed by atoms with E-state index in [9.17, 15) is 0 Å². The van der Waals surface area contributed by atoms with Crippen LogP contribution in [0.4, 0.5) is 5.82 Å². The highest BCUT2D eigenvalue weighted by molar-refractivity contribution is 5.73. The summed E-state index contributed by atoms with van der Waals surface area (Å²) in [4.78, 5) is 11.4. The number of benzene rings is 1. The fourth-order valence-corrected chi connectivity index (χ4v) is 2.51. The standard InChI is InChI=1S/C15H15N5O/c1-2-4-12(5-3-1)20-15-13(10-17-20)18-14(11-16-15)19-6-8-21-9-7-19/h1-5,10-11H,6-9H2. The highest BCUT2D eigenvalue weighted by Gasteiger charge is 2.15. The number of aromatic nitrogens is 4. The number of fused-ring (bicyclic) bond motifs is 1. The van der Waals surface area contributed by atoms with E-state index >= 15 is 0 Å². The van der Waals surface area contributed by atoms with Gasteiger partial charge in [-0.25, -0.2) is 14.6 Å². The molecule has 2 aromatic heterocycles. The van der Waals surface area contributed by atoms with Crippen molar-refractivity contribution < 1.29 is 4.74 Å². The monoisotopic (exact) mass is 281 g/mol. The topological polar surface area (TPSA) is 56.1 Å². The van der Waals surface area contributed by atoms with Gasteiger partial charge in [0.05, 0.1) is 31.3 Å². The van der Waals surface area contributed by atoms with Crippen molar-refractivity contribution in [2.24, 2.45) is 0 Å². The normalized spacial score (nSPS) is 15.5. The van der Waals surface area contributed by atoms with Gasteiger partial charge in [0.25, 0.3) is 0 Å². The molecule has 1 aliphatic rings. The van der Waals surface area contributed by atoms with Gasteiger partial charge in [-0.15, -0.1) is 0 Å². The van der Waals surface area contributed by atoms with Gasteiger partial charge in [0.1, 0.15) is 11.3 Å². The van der Waals surface area contributed by atoms with Crippen LogP contribution in [0.5, 0.6) is 0 Å². The summed E-state index contributed by atoms with van der Waals surface area (Å²) in [7, 11) is 0. The molecule has 6 nitrogen and oxygen atoms in total. The van der Waals surface area contributed by atoms with Gasteiger partial charge in [-0.05, 0) is 12.1 Å². The van der Waals surface area contributed by atoms with Crippen LogP contribution < -0.4 is 4.90 Å². The van der Waals surface area contributed by atoms with Crippen LogP contribution >= 0.6 is 0 Å². The highest BCUT2D eigenvalue weighted by atomic mass is 16.5. The third-order valence-corrected chi connectivity index (χ3v) is 3.60. The molecule has 6 heteroatoms. The van der Waals surface area contributed by atoms with Gasteiger partial charge in [-0.3, -0.25) is 0 Å². The van der Waals surface area contributed by atoms with E-state index in [1.54, 1.807) is 6.20 Å². The lowest BCUT2D eigenvalue weighted by Gasteiger charge is -2.27. The molecule has 1 aromatic carbocycles. The number of morpholine rings is 1. The molecule has 0 bridgehead atoms. The van der Waals surface area contributed by atoms with Crippen molar-refractivity contribution in [2.75, 3.05) is 31.2 Å². The largest absolute Gasteiger partial charge is 0.378 e. The zero-order valence-corrected chi connectivity index (χ0v) is 11.5. The molecule has 0 unspecified atom stereocenters. The van der Waals surface area contributed by atoms with Gasteiger partial charge in [-0.2, -0.15) is 5.10 Å². The Balaban J connectivity index is 1.74. The van der Waals surface area contributed by atoms with Gasteiger partial charge in [0.15, 0.2) is 5.65 Å². The van der Waals surface area contributed by atoms with Crippen LogP contribution in [0.3, 0.4) is 0 Å². The van der Waals surface area contributed by atoms with Crippen molar-refractivity contribution >= 4 is 17.0 Å². The first kappa shape index (κ1) is 12.3. The first-order valence-corrected chi connectivity index (χ1v) is 7.01. The third kappa shape index (κ3) is 2.23. The lowest BCUT2D eigenvalue weighted by molar-refractivity contribution is 0.122. The summed E-state index contributed by atoms with van der Waals surface area (Å²) >= 11 is 0. The molecule has 4 rings (SSSR count). The summed E-state index contributed by atoms with van der Waals surface area (Å²) < 4.78 is 7.18. The summed E-state index contributed by atoms with van der Waals surface area (Å²) in [6.45, 7) is 3.19. The fourth-order valence-electron chi connectivity index (χ4n) is 2.51. The molecule has 3 aromatic rings. The van der Waals surface area contributed by atoms with E-state index in [0.717, 1.165) is 49.0 Å². The minimum atomic E-state index is 0.739. The Bertz CT molecular complexity index is 749. The summed E-state index contributed by atoms with van der Waals surface area (Å²) in [5.74, 6) is 0.887. The van der Waals surface area contributed by atoms with Crippen molar-refractivity contribution in [3.8, 4) is 5.69 Å². The van der Waals surface area contributed by atoms with Crippen molar-refractivity contribution in [3.05, 3.63) is 42.7 Å². The number of hydrogen-bond donors (Lipinski definition) is 0. The van der Waals surface area contributed by atoms with E-state index in [0.29, 0.717) is 0 Å². The Morgan fingerprint density at radius 1 is 1.00 bits per heavy atom. The zero-order chi connectivity index (χ0) is 14.1. The summed E-state index contributed by atoms with van der Waals surface area (Å²) in [5.41, 5.74) is 2.57. The van der Waals surface area contributed by atoms with Crippen LogP contribution in [0.1, 0.15) is 0 Å². The minimum absolute atomic E-state index is 0.739. The molecule has 3 heterocycles. The van der Waals surface area contributed by atoms with E-state index in [1.807, 2.05) is 41.2 Å². The number of para-hydroxylation sites is 1. The molecule has 0 radical (unpaired) electrons.